The highest BCUT2D eigenvalue weighted by Gasteiger charge is 2.34. The second-order valence-electron chi connectivity index (χ2n) is 6.41. The Morgan fingerprint density at radius 3 is 2.60 bits per heavy atom. The van der Waals surface area contributed by atoms with Crippen LogP contribution >= 0.6 is 11.8 Å². The van der Waals surface area contributed by atoms with E-state index >= 15 is 0 Å². The van der Waals surface area contributed by atoms with E-state index in [4.69, 9.17) is 4.74 Å². The molecule has 10 heteroatoms. The summed E-state index contributed by atoms with van der Waals surface area (Å²) >= 11 is 1.43. The highest BCUT2D eigenvalue weighted by molar-refractivity contribution is 7.99. The standard InChI is InChI=1S/C20H17N5O4S/c1-3-30-20-21-18-17(22-23-20)15-6-4-5-7-16(15)24(12(2)26)19(29-18)13-8-10-14(11-9-13)25(27)28/h4-11,19H,3H2,1-2H3. The minimum Gasteiger partial charge on any atom is -0.447 e. The quantitative estimate of drug-likeness (QED) is 0.352. The molecule has 2 heterocycles. The summed E-state index contributed by atoms with van der Waals surface area (Å²) in [6.45, 7) is 3.42. The number of nitrogens with zero attached hydrogens (tertiary/aromatic N) is 5. The van der Waals surface area contributed by atoms with Gasteiger partial charge >= 0.3 is 0 Å². The molecule has 1 atom stereocenters. The first-order chi connectivity index (χ1) is 14.5. The van der Waals surface area contributed by atoms with Gasteiger partial charge in [0.2, 0.25) is 23.2 Å². The molecule has 0 saturated carbocycles. The fourth-order valence-electron chi connectivity index (χ4n) is 3.22. The molecule has 2 aromatic carbocycles. The summed E-state index contributed by atoms with van der Waals surface area (Å²) in [4.78, 5) is 29.2. The Hall–Kier alpha value is -3.53. The minimum atomic E-state index is -0.873. The molecular weight excluding hydrogens is 406 g/mol. The number of carbonyl (C=O) groups is 1. The lowest BCUT2D eigenvalue weighted by molar-refractivity contribution is -0.384. The van der Waals surface area contributed by atoms with Crippen molar-refractivity contribution >= 4 is 29.0 Å². The SMILES string of the molecule is CCSc1nnc2c(n1)OC(c1ccc([N+](=O)[O-])cc1)N(C(C)=O)c1ccccc1-2. The van der Waals surface area contributed by atoms with Crippen LogP contribution in [0.1, 0.15) is 25.6 Å². The topological polar surface area (TPSA) is 111 Å². The number of benzene rings is 2. The second-order valence-corrected chi connectivity index (χ2v) is 7.64. The number of rotatable bonds is 4. The van der Waals surface area contributed by atoms with Crippen LogP contribution in [-0.2, 0) is 4.79 Å². The van der Waals surface area contributed by atoms with Gasteiger partial charge in [0.15, 0.2) is 5.69 Å². The number of ether oxygens (including phenoxy) is 1. The van der Waals surface area contributed by atoms with Crippen LogP contribution in [0.5, 0.6) is 5.88 Å². The van der Waals surface area contributed by atoms with Crippen molar-refractivity contribution in [2.75, 3.05) is 10.7 Å². The van der Waals surface area contributed by atoms with E-state index in [1.54, 1.807) is 18.2 Å². The summed E-state index contributed by atoms with van der Waals surface area (Å²) in [5.74, 6) is 0.762. The number of non-ortho nitro benzene ring substituents is 1. The van der Waals surface area contributed by atoms with E-state index in [0.717, 1.165) is 5.75 Å². The summed E-state index contributed by atoms with van der Waals surface area (Å²) in [6, 6.07) is 13.2. The first-order valence-corrected chi connectivity index (χ1v) is 10.2. The highest BCUT2D eigenvalue weighted by Crippen LogP contribution is 2.43. The molecule has 0 aliphatic carbocycles. The van der Waals surface area contributed by atoms with E-state index in [2.05, 4.69) is 15.2 Å². The maximum Gasteiger partial charge on any atom is 0.269 e. The van der Waals surface area contributed by atoms with Gasteiger partial charge in [0, 0.05) is 30.2 Å². The fraction of sp³-hybridized carbons (Fsp3) is 0.200. The zero-order chi connectivity index (χ0) is 21.3. The minimum absolute atomic E-state index is 0.0480. The molecule has 0 spiro atoms. The third-order valence-corrected chi connectivity index (χ3v) is 5.23. The van der Waals surface area contributed by atoms with Crippen LogP contribution in [0.2, 0.25) is 0 Å². The van der Waals surface area contributed by atoms with Gasteiger partial charge in [-0.15, -0.1) is 10.2 Å². The van der Waals surface area contributed by atoms with Gasteiger partial charge in [-0.1, -0.05) is 36.9 Å². The summed E-state index contributed by atoms with van der Waals surface area (Å²) in [7, 11) is 0. The normalized spacial score (nSPS) is 14.9. The molecule has 9 nitrogen and oxygen atoms in total. The number of para-hydroxylation sites is 1. The Kier molecular flexibility index (Phi) is 5.32. The average molecular weight is 423 g/mol. The van der Waals surface area contributed by atoms with Gasteiger partial charge in [-0.3, -0.25) is 19.8 Å². The Morgan fingerprint density at radius 1 is 1.20 bits per heavy atom. The van der Waals surface area contributed by atoms with Crippen LogP contribution in [0.3, 0.4) is 0 Å². The zero-order valence-corrected chi connectivity index (χ0v) is 17.0. The number of anilines is 1. The molecule has 0 N–H and O–H groups in total. The lowest BCUT2D eigenvalue weighted by atomic mass is 10.1. The smallest absolute Gasteiger partial charge is 0.269 e. The van der Waals surface area contributed by atoms with E-state index in [-0.39, 0.29) is 17.5 Å². The predicted octanol–water partition coefficient (Wildman–Crippen LogP) is 4.00. The summed E-state index contributed by atoms with van der Waals surface area (Å²) in [6.07, 6.45) is -0.873. The summed E-state index contributed by atoms with van der Waals surface area (Å²) in [5, 5.41) is 20.0. The van der Waals surface area contributed by atoms with Crippen LogP contribution in [0.4, 0.5) is 11.4 Å². The molecule has 1 aromatic heterocycles. The van der Waals surface area contributed by atoms with Crippen LogP contribution in [0.15, 0.2) is 53.7 Å². The van der Waals surface area contributed by atoms with Gasteiger partial charge in [0.1, 0.15) is 0 Å². The number of hydrogen-bond donors (Lipinski definition) is 0. The van der Waals surface area contributed by atoms with Crippen molar-refractivity contribution in [3.63, 3.8) is 0 Å². The number of nitro groups is 1. The summed E-state index contributed by atoms with van der Waals surface area (Å²) < 4.78 is 6.20. The number of aromatic nitrogens is 3. The molecule has 1 unspecified atom stereocenters. The Bertz CT molecular complexity index is 1120. The van der Waals surface area contributed by atoms with E-state index in [1.165, 1.54) is 35.7 Å². The van der Waals surface area contributed by atoms with Gasteiger partial charge in [0.05, 0.1) is 10.6 Å². The van der Waals surface area contributed by atoms with E-state index in [1.807, 2.05) is 25.1 Å². The van der Waals surface area contributed by atoms with Gasteiger partial charge in [0.25, 0.3) is 5.69 Å². The first-order valence-electron chi connectivity index (χ1n) is 9.17. The van der Waals surface area contributed by atoms with Gasteiger partial charge in [-0.05, 0) is 24.0 Å². The molecule has 4 rings (SSSR count). The van der Waals surface area contributed by atoms with Crippen LogP contribution in [0.25, 0.3) is 11.3 Å². The number of nitro benzene ring substituents is 1. The van der Waals surface area contributed by atoms with Crippen molar-refractivity contribution in [3.8, 4) is 17.1 Å². The third-order valence-electron chi connectivity index (χ3n) is 4.51. The molecule has 0 saturated heterocycles. The van der Waals surface area contributed by atoms with Crippen LogP contribution in [0, 0.1) is 10.1 Å². The Labute approximate surface area is 176 Å². The van der Waals surface area contributed by atoms with Gasteiger partial charge in [-0.25, -0.2) is 0 Å². The first kappa shape index (κ1) is 19.8. The Balaban J connectivity index is 1.90. The molecular formula is C20H17N5O4S. The van der Waals surface area contributed by atoms with Crippen molar-refractivity contribution in [3.05, 3.63) is 64.2 Å². The third kappa shape index (κ3) is 3.57. The maximum absolute atomic E-state index is 12.7. The molecule has 0 bridgehead atoms. The molecule has 0 fully saturated rings. The Morgan fingerprint density at radius 2 is 1.93 bits per heavy atom. The monoisotopic (exact) mass is 423 g/mol. The lowest BCUT2D eigenvalue weighted by Gasteiger charge is -2.29. The second kappa shape index (κ2) is 8.07. The van der Waals surface area contributed by atoms with Crippen molar-refractivity contribution in [2.45, 2.75) is 25.2 Å². The van der Waals surface area contributed by atoms with E-state index in [9.17, 15) is 14.9 Å². The molecule has 0 radical (unpaired) electrons. The zero-order valence-electron chi connectivity index (χ0n) is 16.2. The number of amides is 1. The van der Waals surface area contributed by atoms with Crippen molar-refractivity contribution in [2.24, 2.45) is 0 Å². The number of fused-ring (bicyclic) bond motifs is 3. The number of carbonyl (C=O) groups excluding carboxylic acids is 1. The summed E-state index contributed by atoms with van der Waals surface area (Å²) in [5.41, 5.74) is 2.22. The van der Waals surface area contributed by atoms with Crippen molar-refractivity contribution in [1.29, 1.82) is 0 Å². The lowest BCUT2D eigenvalue weighted by Crippen LogP contribution is -2.36. The van der Waals surface area contributed by atoms with Gasteiger partial charge < -0.3 is 4.74 Å². The average Bonchev–Trinajstić information content (AvgIpc) is 2.88. The van der Waals surface area contributed by atoms with Crippen LogP contribution in [-0.4, -0.2) is 31.8 Å². The van der Waals surface area contributed by atoms with E-state index < -0.39 is 11.2 Å². The highest BCUT2D eigenvalue weighted by atomic mass is 32.2. The molecule has 3 aromatic rings. The van der Waals surface area contributed by atoms with Crippen molar-refractivity contribution < 1.29 is 14.5 Å². The maximum atomic E-state index is 12.7. The number of hydrogen-bond acceptors (Lipinski definition) is 8. The fourth-order valence-corrected chi connectivity index (χ4v) is 3.72. The molecule has 1 aliphatic rings. The van der Waals surface area contributed by atoms with E-state index in [0.29, 0.717) is 27.7 Å². The number of thioether (sulfide) groups is 1. The van der Waals surface area contributed by atoms with Gasteiger partial charge in [-0.2, -0.15) is 4.98 Å². The van der Waals surface area contributed by atoms with Crippen molar-refractivity contribution in [1.82, 2.24) is 15.2 Å². The van der Waals surface area contributed by atoms with Crippen LogP contribution < -0.4 is 9.64 Å². The molecule has 152 valence electrons. The predicted molar refractivity (Wildman–Crippen MR) is 111 cm³/mol. The molecule has 1 aliphatic heterocycles. The molecule has 1 amide bonds. The largest absolute Gasteiger partial charge is 0.447 e. The molecule has 30 heavy (non-hydrogen) atoms.